The number of rotatable bonds is 7. The average molecular weight is 343 g/mol. The maximum atomic E-state index is 11.8. The van der Waals surface area contributed by atoms with Crippen LogP contribution < -0.4 is 10.1 Å². The molecule has 1 unspecified atom stereocenters. The third-order valence-electron chi connectivity index (χ3n) is 3.93. The number of aliphatic carboxylic acids is 1. The first-order chi connectivity index (χ1) is 10.6. The van der Waals surface area contributed by atoms with Gasteiger partial charge in [0.15, 0.2) is 0 Å². The first kappa shape index (κ1) is 19.3. The van der Waals surface area contributed by atoms with Crippen LogP contribution in [0.4, 0.5) is 0 Å². The van der Waals surface area contributed by atoms with Crippen molar-refractivity contribution in [2.24, 2.45) is 0 Å². The third-order valence-corrected chi connectivity index (χ3v) is 3.93. The summed E-state index contributed by atoms with van der Waals surface area (Å²) in [5, 5.41) is 11.0. The Bertz CT molecular complexity index is 539. The molecule has 1 saturated heterocycles. The fourth-order valence-corrected chi connectivity index (χ4v) is 2.87. The Morgan fingerprint density at radius 1 is 1.39 bits per heavy atom. The number of nitrogens with one attached hydrogen (secondary N) is 1. The lowest BCUT2D eigenvalue weighted by Gasteiger charge is -2.24. The van der Waals surface area contributed by atoms with Crippen molar-refractivity contribution >= 4 is 24.3 Å². The van der Waals surface area contributed by atoms with Gasteiger partial charge >= 0.3 is 5.97 Å². The van der Waals surface area contributed by atoms with E-state index >= 15 is 0 Å². The number of carbonyl (C=O) groups excluding carboxylic acids is 1. The van der Waals surface area contributed by atoms with Gasteiger partial charge in [-0.2, -0.15) is 0 Å². The van der Waals surface area contributed by atoms with Crippen LogP contribution in [0.5, 0.6) is 5.75 Å². The summed E-state index contributed by atoms with van der Waals surface area (Å²) in [5.74, 6) is -0.403. The Balaban J connectivity index is 0.00000264. The van der Waals surface area contributed by atoms with E-state index in [0.717, 1.165) is 37.1 Å². The fraction of sp³-hybridized carbons (Fsp3) is 0.500. The van der Waals surface area contributed by atoms with Crippen LogP contribution in [-0.4, -0.2) is 54.7 Å². The molecule has 0 radical (unpaired) electrons. The molecule has 1 aromatic rings. The average Bonchev–Trinajstić information content (AvgIpc) is 2.93. The number of para-hydroxylation sites is 1. The Morgan fingerprint density at radius 3 is 2.83 bits per heavy atom. The summed E-state index contributed by atoms with van der Waals surface area (Å²) >= 11 is 0. The molecule has 23 heavy (non-hydrogen) atoms. The van der Waals surface area contributed by atoms with E-state index in [2.05, 4.69) is 10.2 Å². The van der Waals surface area contributed by atoms with Crippen molar-refractivity contribution in [2.45, 2.75) is 25.3 Å². The van der Waals surface area contributed by atoms with E-state index in [4.69, 9.17) is 9.84 Å². The predicted octanol–water partition coefficient (Wildman–Crippen LogP) is 1.32. The summed E-state index contributed by atoms with van der Waals surface area (Å²) in [6.45, 7) is 0.775. The maximum Gasteiger partial charge on any atom is 0.322 e. The molecule has 0 aliphatic carbocycles. The second-order valence-electron chi connectivity index (χ2n) is 5.45. The van der Waals surface area contributed by atoms with E-state index in [1.54, 1.807) is 7.11 Å². The van der Waals surface area contributed by atoms with Gasteiger partial charge in [0.2, 0.25) is 5.91 Å². The van der Waals surface area contributed by atoms with Gasteiger partial charge in [0.1, 0.15) is 12.3 Å². The first-order valence-corrected chi connectivity index (χ1v) is 7.44. The van der Waals surface area contributed by atoms with Gasteiger partial charge in [0, 0.05) is 6.04 Å². The second-order valence-corrected chi connectivity index (χ2v) is 5.45. The number of carbonyl (C=O) groups is 2. The van der Waals surface area contributed by atoms with Gasteiger partial charge in [0.25, 0.3) is 0 Å². The lowest BCUT2D eigenvalue weighted by molar-refractivity contribution is -0.138. The highest BCUT2D eigenvalue weighted by molar-refractivity contribution is 5.85. The number of carboxylic acids is 1. The number of carboxylic acid groups (broad SMARTS) is 1. The van der Waals surface area contributed by atoms with Crippen LogP contribution in [0.25, 0.3) is 0 Å². The monoisotopic (exact) mass is 342 g/mol. The molecule has 0 bridgehead atoms. The number of nitrogens with zero attached hydrogens (tertiary/aromatic N) is 1. The number of amides is 1. The number of benzene rings is 1. The van der Waals surface area contributed by atoms with Crippen LogP contribution in [-0.2, 0) is 16.0 Å². The molecule has 6 nitrogen and oxygen atoms in total. The zero-order valence-electron chi connectivity index (χ0n) is 13.2. The molecule has 7 heteroatoms. The van der Waals surface area contributed by atoms with Gasteiger partial charge in [0.05, 0.1) is 13.7 Å². The predicted molar refractivity (Wildman–Crippen MR) is 89.2 cm³/mol. The van der Waals surface area contributed by atoms with Crippen LogP contribution in [0.3, 0.4) is 0 Å². The lowest BCUT2D eigenvalue weighted by Crippen LogP contribution is -2.42. The van der Waals surface area contributed by atoms with Crippen molar-refractivity contribution in [2.75, 3.05) is 26.7 Å². The van der Waals surface area contributed by atoms with E-state index in [-0.39, 0.29) is 37.4 Å². The van der Waals surface area contributed by atoms with Crippen LogP contribution in [0.2, 0.25) is 0 Å². The molecule has 1 aromatic carbocycles. The SMILES string of the molecule is COc1ccccc1CC1CCCN1CC(=O)NCC(=O)O.Cl. The molecule has 2 N–H and O–H groups in total. The molecule has 2 rings (SSSR count). The number of ether oxygens (including phenoxy) is 1. The number of methoxy groups -OCH3 is 1. The summed E-state index contributed by atoms with van der Waals surface area (Å²) in [4.78, 5) is 24.4. The number of hydrogen-bond donors (Lipinski definition) is 2. The molecular weight excluding hydrogens is 320 g/mol. The van der Waals surface area contributed by atoms with E-state index in [0.29, 0.717) is 0 Å². The van der Waals surface area contributed by atoms with Crippen molar-refractivity contribution in [1.82, 2.24) is 10.2 Å². The van der Waals surface area contributed by atoms with Crippen LogP contribution >= 0.6 is 12.4 Å². The highest BCUT2D eigenvalue weighted by Crippen LogP contribution is 2.25. The summed E-state index contributed by atoms with van der Waals surface area (Å²) in [6, 6.07) is 8.19. The zero-order valence-corrected chi connectivity index (χ0v) is 14.0. The molecule has 0 spiro atoms. The Morgan fingerprint density at radius 2 is 2.13 bits per heavy atom. The molecule has 1 aliphatic heterocycles. The van der Waals surface area contributed by atoms with E-state index in [1.807, 2.05) is 24.3 Å². The highest BCUT2D eigenvalue weighted by Gasteiger charge is 2.27. The van der Waals surface area contributed by atoms with Crippen molar-refractivity contribution in [3.8, 4) is 5.75 Å². The van der Waals surface area contributed by atoms with Crippen LogP contribution in [0, 0.1) is 0 Å². The van der Waals surface area contributed by atoms with Gasteiger partial charge in [-0.3, -0.25) is 14.5 Å². The van der Waals surface area contributed by atoms with Crippen molar-refractivity contribution < 1.29 is 19.4 Å². The third kappa shape index (κ3) is 5.73. The number of hydrogen-bond acceptors (Lipinski definition) is 4. The molecule has 1 fully saturated rings. The molecular formula is C16H23ClN2O4. The van der Waals surface area contributed by atoms with Crippen molar-refractivity contribution in [1.29, 1.82) is 0 Å². The van der Waals surface area contributed by atoms with E-state index in [9.17, 15) is 9.59 Å². The minimum atomic E-state index is -1.03. The van der Waals surface area contributed by atoms with Gasteiger partial charge in [-0.25, -0.2) is 0 Å². The van der Waals surface area contributed by atoms with E-state index in [1.165, 1.54) is 0 Å². The van der Waals surface area contributed by atoms with Gasteiger partial charge < -0.3 is 15.2 Å². The fourth-order valence-electron chi connectivity index (χ4n) is 2.87. The molecule has 128 valence electrons. The Hall–Kier alpha value is -1.79. The molecule has 1 amide bonds. The number of halogens is 1. The molecule has 0 aromatic heterocycles. The van der Waals surface area contributed by atoms with Gasteiger partial charge in [-0.15, -0.1) is 12.4 Å². The van der Waals surface area contributed by atoms with Gasteiger partial charge in [-0.05, 0) is 37.4 Å². The molecule has 1 atom stereocenters. The van der Waals surface area contributed by atoms with Crippen LogP contribution in [0.15, 0.2) is 24.3 Å². The minimum Gasteiger partial charge on any atom is -0.496 e. The number of likely N-dealkylation sites (tertiary alicyclic amines) is 1. The Kier molecular flexibility index (Phi) is 7.85. The van der Waals surface area contributed by atoms with Crippen molar-refractivity contribution in [3.63, 3.8) is 0 Å². The van der Waals surface area contributed by atoms with E-state index < -0.39 is 5.97 Å². The quantitative estimate of drug-likeness (QED) is 0.781. The second kappa shape index (κ2) is 9.37. The zero-order chi connectivity index (χ0) is 15.9. The lowest BCUT2D eigenvalue weighted by atomic mass is 10.0. The first-order valence-electron chi connectivity index (χ1n) is 7.44. The maximum absolute atomic E-state index is 11.8. The topological polar surface area (TPSA) is 78.9 Å². The normalized spacial score (nSPS) is 17.3. The smallest absolute Gasteiger partial charge is 0.322 e. The van der Waals surface area contributed by atoms with Crippen molar-refractivity contribution in [3.05, 3.63) is 29.8 Å². The summed E-state index contributed by atoms with van der Waals surface area (Å²) < 4.78 is 5.37. The summed E-state index contributed by atoms with van der Waals surface area (Å²) in [6.07, 6.45) is 2.91. The molecule has 0 saturated carbocycles. The minimum absolute atomic E-state index is 0. The summed E-state index contributed by atoms with van der Waals surface area (Å²) in [7, 11) is 1.66. The van der Waals surface area contributed by atoms with Gasteiger partial charge in [-0.1, -0.05) is 18.2 Å². The largest absolute Gasteiger partial charge is 0.496 e. The van der Waals surface area contributed by atoms with Crippen LogP contribution in [0.1, 0.15) is 18.4 Å². The highest BCUT2D eigenvalue weighted by atomic mass is 35.5. The Labute approximate surface area is 142 Å². The molecule has 1 aliphatic rings. The standard InChI is InChI=1S/C16H22N2O4.ClH/c1-22-14-7-3-2-5-12(14)9-13-6-4-8-18(13)11-15(19)17-10-16(20)21;/h2-3,5,7,13H,4,6,8-11H2,1H3,(H,17,19)(H,20,21);1H. The molecule has 1 heterocycles. The summed E-state index contributed by atoms with van der Waals surface area (Å²) in [5.41, 5.74) is 1.13.